The van der Waals surface area contributed by atoms with Gasteiger partial charge in [-0.2, -0.15) is 15.4 Å². The standard InChI is InChI=1S/C43H38N10O12/c1-21(18-22-4-10-26(54)11-5-22)38(57)49-33-17-16-31(51-52-33)41(60)48-32(19-25-20-44-53-50-25)42(61)45-24-8-6-23(7-9-24)39(58)46-29-14-12-27(34(55)36(29)64-2)40(59)47-30-15-13-28(43(62)63)35(56)37(30)65-3/h4-18,20,32,54-56H,19H2,1-3H3,(H,45,61)(H,46,58)(H,47,59)(H,48,60)(H,62,63)(H,44,50,53)(H,49,52,57)/b21-18+/t32-/m0/s1. The molecule has 0 radical (unpaired) electrons. The molecule has 0 saturated heterocycles. The number of benzene rings is 4. The molecule has 2 aromatic heterocycles. The van der Waals surface area contributed by atoms with E-state index in [2.05, 4.69) is 52.2 Å². The van der Waals surface area contributed by atoms with E-state index in [1.165, 1.54) is 80.0 Å². The first kappa shape index (κ1) is 45.2. The molecule has 1 atom stereocenters. The summed E-state index contributed by atoms with van der Waals surface area (Å²) in [5.74, 6) is -6.73. The Kier molecular flexibility index (Phi) is 13.9. The van der Waals surface area contributed by atoms with Gasteiger partial charge in [0, 0.05) is 23.2 Å². The van der Waals surface area contributed by atoms with Gasteiger partial charge in [-0.1, -0.05) is 12.1 Å². The summed E-state index contributed by atoms with van der Waals surface area (Å²) in [7, 11) is 2.36. The summed E-state index contributed by atoms with van der Waals surface area (Å²) in [5.41, 5.74) is 0.675. The molecule has 0 aliphatic rings. The number of rotatable bonds is 16. The number of amides is 5. The Morgan fingerprint density at radius 1 is 0.708 bits per heavy atom. The molecule has 6 aromatic rings. The molecular formula is C43H38N10O12. The highest BCUT2D eigenvalue weighted by molar-refractivity contribution is 6.10. The predicted molar refractivity (Wildman–Crippen MR) is 231 cm³/mol. The number of carbonyl (C=O) groups excluding carboxylic acids is 5. The van der Waals surface area contributed by atoms with Crippen molar-refractivity contribution in [3.05, 3.63) is 130 Å². The molecule has 4 aromatic carbocycles. The van der Waals surface area contributed by atoms with E-state index in [1.54, 1.807) is 25.1 Å². The van der Waals surface area contributed by atoms with Gasteiger partial charge in [-0.25, -0.2) is 4.79 Å². The van der Waals surface area contributed by atoms with Crippen molar-refractivity contribution in [3.8, 4) is 28.7 Å². The molecule has 0 fully saturated rings. The number of aromatic amines is 1. The van der Waals surface area contributed by atoms with Crippen LogP contribution in [0.4, 0.5) is 22.9 Å². The zero-order valence-electron chi connectivity index (χ0n) is 34.4. The third-order valence-corrected chi connectivity index (χ3v) is 9.33. The van der Waals surface area contributed by atoms with Crippen molar-refractivity contribution < 1.29 is 58.7 Å². The number of carbonyl (C=O) groups is 6. The number of phenolic OH excluding ortho intramolecular Hbond substituents is 2. The Morgan fingerprint density at radius 2 is 1.34 bits per heavy atom. The fourth-order valence-corrected chi connectivity index (χ4v) is 6.02. The number of nitrogens with one attached hydrogen (secondary N) is 6. The van der Waals surface area contributed by atoms with Crippen LogP contribution < -0.4 is 36.1 Å². The van der Waals surface area contributed by atoms with Crippen molar-refractivity contribution >= 4 is 64.5 Å². The lowest BCUT2D eigenvalue weighted by atomic mass is 10.1. The van der Waals surface area contributed by atoms with Crippen LogP contribution in [0.1, 0.15) is 59.7 Å². The van der Waals surface area contributed by atoms with E-state index in [1.807, 2.05) is 0 Å². The smallest absolute Gasteiger partial charge is 0.339 e. The van der Waals surface area contributed by atoms with Crippen LogP contribution in [0.2, 0.25) is 0 Å². The van der Waals surface area contributed by atoms with E-state index in [4.69, 9.17) is 9.47 Å². The summed E-state index contributed by atoms with van der Waals surface area (Å²) < 4.78 is 10.4. The summed E-state index contributed by atoms with van der Waals surface area (Å²) in [6.45, 7) is 1.59. The zero-order valence-corrected chi connectivity index (χ0v) is 34.4. The molecule has 22 nitrogen and oxygen atoms in total. The molecule has 0 saturated carbocycles. The Balaban J connectivity index is 1.08. The van der Waals surface area contributed by atoms with Gasteiger partial charge in [0.05, 0.1) is 43.0 Å². The van der Waals surface area contributed by atoms with Gasteiger partial charge in [-0.3, -0.25) is 24.0 Å². The number of methoxy groups -OCH3 is 2. The molecule has 65 heavy (non-hydrogen) atoms. The largest absolute Gasteiger partial charge is 0.508 e. The van der Waals surface area contributed by atoms with E-state index < -0.39 is 58.6 Å². The van der Waals surface area contributed by atoms with Crippen LogP contribution in [0, 0.1) is 0 Å². The van der Waals surface area contributed by atoms with Crippen LogP contribution in [0.25, 0.3) is 6.08 Å². The second-order valence-corrected chi connectivity index (χ2v) is 13.7. The number of hydrogen-bond donors (Lipinski definition) is 10. The van der Waals surface area contributed by atoms with Crippen LogP contribution in [0.5, 0.6) is 28.7 Å². The van der Waals surface area contributed by atoms with Gasteiger partial charge in [0.15, 0.2) is 34.5 Å². The lowest BCUT2D eigenvalue weighted by Gasteiger charge is -2.18. The number of carboxylic acid groups (broad SMARTS) is 1. The van der Waals surface area contributed by atoms with E-state index in [-0.39, 0.29) is 63.4 Å². The third-order valence-electron chi connectivity index (χ3n) is 9.33. The number of aromatic hydroxyl groups is 3. The van der Waals surface area contributed by atoms with Gasteiger partial charge < -0.3 is 56.5 Å². The topological polar surface area (TPSA) is 329 Å². The maximum Gasteiger partial charge on any atom is 0.339 e. The minimum atomic E-state index is -1.43. The Morgan fingerprint density at radius 3 is 1.92 bits per heavy atom. The Hall–Kier alpha value is -9.34. The molecule has 10 N–H and O–H groups in total. The lowest BCUT2D eigenvalue weighted by molar-refractivity contribution is -0.118. The summed E-state index contributed by atoms with van der Waals surface area (Å²) in [6.07, 6.45) is 2.90. The average molecular weight is 887 g/mol. The highest BCUT2D eigenvalue weighted by atomic mass is 16.5. The molecule has 22 heteroatoms. The number of H-pyrrole nitrogens is 1. The maximum atomic E-state index is 13.5. The van der Waals surface area contributed by atoms with E-state index >= 15 is 0 Å². The predicted octanol–water partition coefficient (Wildman–Crippen LogP) is 3.95. The monoisotopic (exact) mass is 886 g/mol. The van der Waals surface area contributed by atoms with E-state index in [0.29, 0.717) is 16.8 Å². The first-order valence-electron chi connectivity index (χ1n) is 19.0. The summed E-state index contributed by atoms with van der Waals surface area (Å²) in [5, 5.41) is 70.9. The normalized spacial score (nSPS) is 11.4. The molecule has 6 rings (SSSR count). The van der Waals surface area contributed by atoms with Gasteiger partial charge >= 0.3 is 5.97 Å². The number of phenols is 3. The molecule has 332 valence electrons. The number of hydrogen-bond acceptors (Lipinski definition) is 15. The maximum absolute atomic E-state index is 13.5. The molecule has 0 spiro atoms. The number of anilines is 4. The molecule has 5 amide bonds. The second kappa shape index (κ2) is 20.0. The van der Waals surface area contributed by atoms with Crippen molar-refractivity contribution in [2.75, 3.05) is 35.5 Å². The summed E-state index contributed by atoms with van der Waals surface area (Å²) >= 11 is 0. The third kappa shape index (κ3) is 10.9. The van der Waals surface area contributed by atoms with E-state index in [9.17, 15) is 49.2 Å². The van der Waals surface area contributed by atoms with Gasteiger partial charge in [0.1, 0.15) is 17.4 Å². The van der Waals surface area contributed by atoms with E-state index in [0.717, 1.165) is 13.2 Å². The number of ether oxygens (including phenoxy) is 2. The number of aromatic carboxylic acids is 1. The molecule has 0 aliphatic carbocycles. The van der Waals surface area contributed by atoms with Gasteiger partial charge in [-0.15, -0.1) is 10.2 Å². The van der Waals surface area contributed by atoms with Crippen LogP contribution in [-0.4, -0.2) is 102 Å². The van der Waals surface area contributed by atoms with Crippen molar-refractivity contribution in [2.24, 2.45) is 0 Å². The quantitative estimate of drug-likeness (QED) is 0.0615. The molecule has 0 aliphatic heterocycles. The van der Waals surface area contributed by atoms with Gasteiger partial charge in [0.2, 0.25) is 5.91 Å². The van der Waals surface area contributed by atoms with Crippen LogP contribution in [-0.2, 0) is 16.0 Å². The number of carboxylic acids is 1. The first-order valence-corrected chi connectivity index (χ1v) is 19.0. The van der Waals surface area contributed by atoms with Crippen molar-refractivity contribution in [2.45, 2.75) is 19.4 Å². The SMILES string of the molecule is COc1c(NC(=O)c2ccc(NC(=O)c3ccc(NC(=O)[C@H](Cc4cn[nH]n4)NC(=O)c4ccc(NC(=O)/C(C)=C/c5ccc(O)cc5)nn4)cc3)c(OC)c2O)ccc(C(=O)O)c1O. The fraction of sp³-hybridized carbons (Fsp3) is 0.116. The lowest BCUT2D eigenvalue weighted by Crippen LogP contribution is -2.45. The Labute approximate surface area is 367 Å². The number of aromatic nitrogens is 5. The molecule has 0 unspecified atom stereocenters. The highest BCUT2D eigenvalue weighted by Gasteiger charge is 2.26. The van der Waals surface area contributed by atoms with Crippen molar-refractivity contribution in [1.82, 2.24) is 30.9 Å². The summed E-state index contributed by atoms with van der Waals surface area (Å²) in [4.78, 5) is 77.4. The average Bonchev–Trinajstić information content (AvgIpc) is 3.80. The fourth-order valence-electron chi connectivity index (χ4n) is 6.02. The van der Waals surface area contributed by atoms with Crippen LogP contribution in [0.15, 0.2) is 96.7 Å². The zero-order chi connectivity index (χ0) is 46.8. The first-order chi connectivity index (χ1) is 31.1. The number of nitrogens with zero attached hydrogens (tertiary/aromatic N) is 4. The van der Waals surface area contributed by atoms with Crippen LogP contribution >= 0.6 is 0 Å². The second-order valence-electron chi connectivity index (χ2n) is 13.7. The molecule has 0 bridgehead atoms. The van der Waals surface area contributed by atoms with Crippen LogP contribution in [0.3, 0.4) is 0 Å². The molecule has 2 heterocycles. The van der Waals surface area contributed by atoms with Crippen molar-refractivity contribution in [3.63, 3.8) is 0 Å². The minimum absolute atomic E-state index is 0.0188. The summed E-state index contributed by atoms with van der Waals surface area (Å²) in [6, 6.07) is 18.1. The Bertz CT molecular complexity index is 2800. The van der Waals surface area contributed by atoms with Crippen molar-refractivity contribution in [1.29, 1.82) is 0 Å². The minimum Gasteiger partial charge on any atom is -0.508 e. The molecular weight excluding hydrogens is 849 g/mol. The van der Waals surface area contributed by atoms with Gasteiger partial charge in [-0.05, 0) is 91.4 Å². The highest BCUT2D eigenvalue weighted by Crippen LogP contribution is 2.40. The van der Waals surface area contributed by atoms with Gasteiger partial charge in [0.25, 0.3) is 23.6 Å².